The minimum absolute atomic E-state index is 0.0824. The topological polar surface area (TPSA) is 59.1 Å². The van der Waals surface area contributed by atoms with E-state index in [9.17, 15) is 0 Å². The molecule has 4 rings (SSSR count). The van der Waals surface area contributed by atoms with Gasteiger partial charge in [0.2, 0.25) is 5.88 Å². The van der Waals surface area contributed by atoms with Crippen LogP contribution in [0.3, 0.4) is 0 Å². The zero-order chi connectivity index (χ0) is 20.6. The minimum Gasteiger partial charge on any atom is -0.438 e. The molecule has 0 atom stereocenters. The van der Waals surface area contributed by atoms with Gasteiger partial charge in [-0.3, -0.25) is 0 Å². The number of benzene rings is 3. The molecule has 1 heterocycles. The van der Waals surface area contributed by atoms with Gasteiger partial charge in [0.15, 0.2) is 10.9 Å². The Morgan fingerprint density at radius 3 is 1.80 bits per heavy atom. The van der Waals surface area contributed by atoms with Crippen molar-refractivity contribution < 1.29 is 4.74 Å². The zero-order valence-corrected chi connectivity index (χ0v) is 16.9. The molecule has 6 heteroatoms. The second-order valence-corrected chi connectivity index (χ2v) is 6.93. The number of rotatable bonds is 6. The van der Waals surface area contributed by atoms with Crippen molar-refractivity contribution in [3.8, 4) is 11.6 Å². The third-order valence-corrected chi connectivity index (χ3v) is 4.61. The van der Waals surface area contributed by atoms with Crippen LogP contribution in [0.4, 0.5) is 5.82 Å². The molecule has 148 valence electrons. The van der Waals surface area contributed by atoms with E-state index in [1.54, 1.807) is 12.1 Å². The minimum atomic E-state index is -0.0824. The summed E-state index contributed by atoms with van der Waals surface area (Å²) in [5, 5.41) is 15.2. The van der Waals surface area contributed by atoms with Gasteiger partial charge in [-0.1, -0.05) is 78.9 Å². The summed E-state index contributed by atoms with van der Waals surface area (Å²) in [6.45, 7) is 0. The SMILES string of the molecule is S=C(Nc1ccc(Oc2ccccc2)nn1)NC(c1ccccc1)c1ccccc1. The lowest BCUT2D eigenvalue weighted by Crippen LogP contribution is -2.33. The van der Waals surface area contributed by atoms with Gasteiger partial charge in [0, 0.05) is 6.07 Å². The van der Waals surface area contributed by atoms with Gasteiger partial charge in [0.1, 0.15) is 5.75 Å². The maximum absolute atomic E-state index is 5.67. The molecule has 0 bridgehead atoms. The second-order valence-electron chi connectivity index (χ2n) is 6.52. The molecule has 0 saturated carbocycles. The standard InChI is InChI=1S/C24H20N4OS/c30-24(25-21-16-17-22(28-27-21)29-20-14-8-3-9-15-20)26-23(18-10-4-1-5-11-18)19-12-6-2-7-13-19/h1-17,23H,(H2,25,26,27,30). The lowest BCUT2D eigenvalue weighted by molar-refractivity contribution is 0.455. The first kappa shape index (κ1) is 19.5. The first-order valence-corrected chi connectivity index (χ1v) is 9.93. The number of ether oxygens (including phenoxy) is 1. The summed E-state index contributed by atoms with van der Waals surface area (Å²) in [4.78, 5) is 0. The van der Waals surface area contributed by atoms with Gasteiger partial charge in [-0.05, 0) is 41.5 Å². The maximum atomic E-state index is 5.67. The highest BCUT2D eigenvalue weighted by atomic mass is 32.1. The van der Waals surface area contributed by atoms with Gasteiger partial charge in [0.05, 0.1) is 6.04 Å². The fourth-order valence-corrected chi connectivity index (χ4v) is 3.21. The van der Waals surface area contributed by atoms with Crippen LogP contribution in [0.1, 0.15) is 17.2 Å². The largest absolute Gasteiger partial charge is 0.438 e. The molecule has 0 fully saturated rings. The molecule has 0 saturated heterocycles. The predicted molar refractivity (Wildman–Crippen MR) is 123 cm³/mol. The summed E-state index contributed by atoms with van der Waals surface area (Å²) in [5.74, 6) is 1.66. The van der Waals surface area contributed by atoms with Gasteiger partial charge < -0.3 is 15.4 Å². The van der Waals surface area contributed by atoms with Crippen molar-refractivity contribution in [1.82, 2.24) is 15.5 Å². The van der Waals surface area contributed by atoms with Crippen LogP contribution in [0.2, 0.25) is 0 Å². The van der Waals surface area contributed by atoms with E-state index in [1.807, 2.05) is 66.7 Å². The van der Waals surface area contributed by atoms with Gasteiger partial charge in [-0.2, -0.15) is 0 Å². The van der Waals surface area contributed by atoms with Gasteiger partial charge in [0.25, 0.3) is 0 Å². The van der Waals surface area contributed by atoms with E-state index in [-0.39, 0.29) is 6.04 Å². The zero-order valence-electron chi connectivity index (χ0n) is 16.1. The van der Waals surface area contributed by atoms with E-state index in [0.717, 1.165) is 11.1 Å². The van der Waals surface area contributed by atoms with Gasteiger partial charge in [-0.25, -0.2) is 0 Å². The van der Waals surface area contributed by atoms with Crippen molar-refractivity contribution >= 4 is 23.1 Å². The number of nitrogens with one attached hydrogen (secondary N) is 2. The lowest BCUT2D eigenvalue weighted by Gasteiger charge is -2.21. The Kier molecular flexibility index (Phi) is 6.27. The van der Waals surface area contributed by atoms with Gasteiger partial charge >= 0.3 is 0 Å². The fraction of sp³-hybridized carbons (Fsp3) is 0.0417. The molecule has 2 N–H and O–H groups in total. The molecule has 0 aliphatic rings. The van der Waals surface area contributed by atoms with Crippen molar-refractivity contribution in [3.05, 3.63) is 114 Å². The molecule has 0 aliphatic carbocycles. The summed E-state index contributed by atoms with van der Waals surface area (Å²) >= 11 is 5.53. The Morgan fingerprint density at radius 1 is 0.700 bits per heavy atom. The third-order valence-electron chi connectivity index (χ3n) is 4.39. The van der Waals surface area contributed by atoms with Crippen molar-refractivity contribution in [1.29, 1.82) is 0 Å². The molecule has 3 aromatic carbocycles. The van der Waals surface area contributed by atoms with Crippen LogP contribution >= 0.6 is 12.2 Å². The number of para-hydroxylation sites is 1. The third kappa shape index (κ3) is 5.18. The molecule has 0 amide bonds. The van der Waals surface area contributed by atoms with Crippen molar-refractivity contribution in [2.45, 2.75) is 6.04 Å². The van der Waals surface area contributed by atoms with E-state index in [1.165, 1.54) is 0 Å². The molecular formula is C24H20N4OS. The van der Waals surface area contributed by atoms with Crippen LogP contribution in [0.5, 0.6) is 11.6 Å². The smallest absolute Gasteiger partial charge is 0.238 e. The van der Waals surface area contributed by atoms with Crippen LogP contribution in [0.15, 0.2) is 103 Å². The Morgan fingerprint density at radius 2 is 1.27 bits per heavy atom. The summed E-state index contributed by atoms with van der Waals surface area (Å²) in [6.07, 6.45) is 0. The lowest BCUT2D eigenvalue weighted by atomic mass is 9.99. The molecular weight excluding hydrogens is 392 g/mol. The number of hydrogen-bond acceptors (Lipinski definition) is 4. The number of aromatic nitrogens is 2. The number of thiocarbonyl (C=S) groups is 1. The summed E-state index contributed by atoms with van der Waals surface area (Å²) in [6, 6.07) is 33.2. The normalized spacial score (nSPS) is 10.4. The molecule has 0 aliphatic heterocycles. The van der Waals surface area contributed by atoms with Crippen LogP contribution in [0, 0.1) is 0 Å². The average molecular weight is 413 g/mol. The fourth-order valence-electron chi connectivity index (χ4n) is 2.98. The molecule has 4 aromatic rings. The summed E-state index contributed by atoms with van der Waals surface area (Å²) < 4.78 is 5.67. The molecule has 30 heavy (non-hydrogen) atoms. The quantitative estimate of drug-likeness (QED) is 0.417. The number of nitrogens with zero attached hydrogens (tertiary/aromatic N) is 2. The first-order chi connectivity index (χ1) is 14.8. The van der Waals surface area contributed by atoms with E-state index >= 15 is 0 Å². The molecule has 0 radical (unpaired) electrons. The Bertz CT molecular complexity index is 1030. The van der Waals surface area contributed by atoms with Crippen LogP contribution in [-0.4, -0.2) is 15.3 Å². The van der Waals surface area contributed by atoms with Crippen molar-refractivity contribution in [2.24, 2.45) is 0 Å². The maximum Gasteiger partial charge on any atom is 0.238 e. The molecule has 1 aromatic heterocycles. The van der Waals surface area contributed by atoms with E-state index < -0.39 is 0 Å². The number of anilines is 1. The highest BCUT2D eigenvalue weighted by Gasteiger charge is 2.15. The first-order valence-electron chi connectivity index (χ1n) is 9.52. The van der Waals surface area contributed by atoms with Gasteiger partial charge in [-0.15, -0.1) is 10.2 Å². The Labute approximate surface area is 180 Å². The van der Waals surface area contributed by atoms with E-state index in [4.69, 9.17) is 17.0 Å². The Balaban J connectivity index is 1.43. The second kappa shape index (κ2) is 9.62. The highest BCUT2D eigenvalue weighted by molar-refractivity contribution is 7.80. The van der Waals surface area contributed by atoms with E-state index in [0.29, 0.717) is 22.6 Å². The van der Waals surface area contributed by atoms with E-state index in [2.05, 4.69) is 45.1 Å². The molecule has 0 spiro atoms. The highest BCUT2D eigenvalue weighted by Crippen LogP contribution is 2.22. The number of hydrogen-bond donors (Lipinski definition) is 2. The van der Waals surface area contributed by atoms with Crippen LogP contribution in [-0.2, 0) is 0 Å². The van der Waals surface area contributed by atoms with Crippen LogP contribution in [0.25, 0.3) is 0 Å². The molecule has 0 unspecified atom stereocenters. The molecule has 5 nitrogen and oxygen atoms in total. The summed E-state index contributed by atoms with van der Waals surface area (Å²) in [7, 11) is 0. The Hall–Kier alpha value is -3.77. The average Bonchev–Trinajstić information content (AvgIpc) is 2.81. The summed E-state index contributed by atoms with van der Waals surface area (Å²) in [5.41, 5.74) is 2.23. The van der Waals surface area contributed by atoms with Crippen LogP contribution < -0.4 is 15.4 Å². The predicted octanol–water partition coefficient (Wildman–Crippen LogP) is 5.34. The van der Waals surface area contributed by atoms with Crippen molar-refractivity contribution in [3.63, 3.8) is 0 Å². The van der Waals surface area contributed by atoms with Crippen molar-refractivity contribution in [2.75, 3.05) is 5.32 Å². The monoisotopic (exact) mass is 412 g/mol.